The summed E-state index contributed by atoms with van der Waals surface area (Å²) in [6.07, 6.45) is 3.62. The van der Waals surface area contributed by atoms with Gasteiger partial charge in [-0.05, 0) is 45.0 Å². The lowest BCUT2D eigenvalue weighted by atomic mass is 9.79. The second kappa shape index (κ2) is 7.76. The fourth-order valence-corrected chi connectivity index (χ4v) is 3.19. The van der Waals surface area contributed by atoms with E-state index in [9.17, 15) is 4.79 Å². The molecule has 0 unspecified atom stereocenters. The van der Waals surface area contributed by atoms with E-state index in [4.69, 9.17) is 4.74 Å². The SMILES string of the molecule is COCC1(CNC(=O)c2cn(-c3ccc(C)cc3)nn2)CCNCC1. The van der Waals surface area contributed by atoms with Crippen LogP contribution in [0.1, 0.15) is 28.9 Å². The molecule has 7 heteroatoms. The van der Waals surface area contributed by atoms with Crippen LogP contribution in [0.15, 0.2) is 30.5 Å². The molecule has 1 aliphatic rings. The Kier molecular flexibility index (Phi) is 5.45. The summed E-state index contributed by atoms with van der Waals surface area (Å²) in [6, 6.07) is 7.91. The molecule has 7 nitrogen and oxygen atoms in total. The van der Waals surface area contributed by atoms with Crippen LogP contribution in [0, 0.1) is 12.3 Å². The third kappa shape index (κ3) is 4.24. The molecule has 1 amide bonds. The highest BCUT2D eigenvalue weighted by molar-refractivity contribution is 5.91. The lowest BCUT2D eigenvalue weighted by Gasteiger charge is -2.37. The smallest absolute Gasteiger partial charge is 0.273 e. The molecule has 1 saturated heterocycles. The summed E-state index contributed by atoms with van der Waals surface area (Å²) in [5.74, 6) is -0.202. The minimum atomic E-state index is -0.202. The third-order valence-corrected chi connectivity index (χ3v) is 4.76. The number of carbonyl (C=O) groups is 1. The van der Waals surface area contributed by atoms with Crippen LogP contribution in [0.2, 0.25) is 0 Å². The number of nitrogens with zero attached hydrogens (tertiary/aromatic N) is 3. The number of aryl methyl sites for hydroxylation is 1. The maximum absolute atomic E-state index is 12.4. The number of hydrogen-bond acceptors (Lipinski definition) is 5. The van der Waals surface area contributed by atoms with E-state index in [2.05, 4.69) is 20.9 Å². The predicted octanol–water partition coefficient (Wildman–Crippen LogP) is 1.32. The molecule has 0 saturated carbocycles. The zero-order valence-electron chi connectivity index (χ0n) is 14.8. The van der Waals surface area contributed by atoms with E-state index in [1.54, 1.807) is 18.0 Å². The second-order valence-corrected chi connectivity index (χ2v) is 6.75. The fourth-order valence-electron chi connectivity index (χ4n) is 3.19. The van der Waals surface area contributed by atoms with E-state index < -0.39 is 0 Å². The summed E-state index contributed by atoms with van der Waals surface area (Å²) in [5, 5.41) is 14.4. The minimum Gasteiger partial charge on any atom is -0.384 e. The summed E-state index contributed by atoms with van der Waals surface area (Å²) >= 11 is 0. The highest BCUT2D eigenvalue weighted by Crippen LogP contribution is 2.28. The Bertz CT molecular complexity index is 699. The first-order chi connectivity index (χ1) is 12.1. The van der Waals surface area contributed by atoms with E-state index in [1.165, 1.54) is 5.56 Å². The minimum absolute atomic E-state index is 0.0113. The maximum atomic E-state index is 12.4. The van der Waals surface area contributed by atoms with Gasteiger partial charge in [0.25, 0.3) is 5.91 Å². The van der Waals surface area contributed by atoms with Gasteiger partial charge in [0.2, 0.25) is 0 Å². The molecular weight excluding hydrogens is 318 g/mol. The number of benzene rings is 1. The Balaban J connectivity index is 1.64. The van der Waals surface area contributed by atoms with Gasteiger partial charge in [0, 0.05) is 19.1 Å². The molecule has 2 aromatic rings. The Morgan fingerprint density at radius 2 is 2.04 bits per heavy atom. The van der Waals surface area contributed by atoms with Gasteiger partial charge in [-0.2, -0.15) is 0 Å². The molecule has 0 bridgehead atoms. The van der Waals surface area contributed by atoms with Crippen molar-refractivity contribution in [2.75, 3.05) is 33.4 Å². The van der Waals surface area contributed by atoms with Crippen LogP contribution in [-0.2, 0) is 4.74 Å². The molecule has 1 fully saturated rings. The van der Waals surface area contributed by atoms with Crippen LogP contribution in [0.3, 0.4) is 0 Å². The van der Waals surface area contributed by atoms with E-state index in [-0.39, 0.29) is 11.3 Å². The van der Waals surface area contributed by atoms with E-state index in [0.717, 1.165) is 31.6 Å². The van der Waals surface area contributed by atoms with Gasteiger partial charge < -0.3 is 15.4 Å². The normalized spacial score (nSPS) is 16.6. The van der Waals surface area contributed by atoms with Crippen molar-refractivity contribution in [2.45, 2.75) is 19.8 Å². The van der Waals surface area contributed by atoms with Gasteiger partial charge >= 0.3 is 0 Å². The predicted molar refractivity (Wildman–Crippen MR) is 94.8 cm³/mol. The van der Waals surface area contributed by atoms with Gasteiger partial charge in [-0.15, -0.1) is 5.10 Å². The third-order valence-electron chi connectivity index (χ3n) is 4.76. The molecule has 1 aromatic carbocycles. The maximum Gasteiger partial charge on any atom is 0.273 e. The summed E-state index contributed by atoms with van der Waals surface area (Å²) < 4.78 is 7.00. The molecule has 0 aliphatic carbocycles. The van der Waals surface area contributed by atoms with Gasteiger partial charge in [-0.3, -0.25) is 4.79 Å². The quantitative estimate of drug-likeness (QED) is 0.827. The van der Waals surface area contributed by atoms with Crippen molar-refractivity contribution in [3.8, 4) is 5.69 Å². The van der Waals surface area contributed by atoms with Crippen LogP contribution in [0.25, 0.3) is 5.69 Å². The lowest BCUT2D eigenvalue weighted by Crippen LogP contribution is -2.47. The van der Waals surface area contributed by atoms with Crippen molar-refractivity contribution >= 4 is 5.91 Å². The molecule has 25 heavy (non-hydrogen) atoms. The first kappa shape index (κ1) is 17.6. The average Bonchev–Trinajstić information content (AvgIpc) is 3.12. The summed E-state index contributed by atoms with van der Waals surface area (Å²) in [4.78, 5) is 12.4. The number of rotatable bonds is 6. The topological polar surface area (TPSA) is 81.1 Å². The first-order valence-electron chi connectivity index (χ1n) is 8.59. The Morgan fingerprint density at radius 1 is 1.32 bits per heavy atom. The van der Waals surface area contributed by atoms with Crippen molar-refractivity contribution in [3.05, 3.63) is 41.7 Å². The molecule has 2 N–H and O–H groups in total. The molecule has 0 atom stereocenters. The average molecular weight is 343 g/mol. The zero-order valence-corrected chi connectivity index (χ0v) is 14.8. The monoisotopic (exact) mass is 343 g/mol. The number of carbonyl (C=O) groups excluding carboxylic acids is 1. The Labute approximate surface area is 147 Å². The van der Waals surface area contributed by atoms with Gasteiger partial charge in [0.1, 0.15) is 0 Å². The molecule has 0 radical (unpaired) electrons. The van der Waals surface area contributed by atoms with Gasteiger partial charge in [-0.1, -0.05) is 22.9 Å². The number of ether oxygens (including phenoxy) is 1. The van der Waals surface area contributed by atoms with Gasteiger partial charge in [-0.25, -0.2) is 4.68 Å². The molecule has 1 aromatic heterocycles. The van der Waals surface area contributed by atoms with Crippen LogP contribution < -0.4 is 10.6 Å². The van der Waals surface area contributed by atoms with Gasteiger partial charge in [0.05, 0.1) is 18.5 Å². The van der Waals surface area contributed by atoms with Crippen molar-refractivity contribution in [2.24, 2.45) is 5.41 Å². The second-order valence-electron chi connectivity index (χ2n) is 6.75. The van der Waals surface area contributed by atoms with E-state index in [1.807, 2.05) is 31.2 Å². The molecule has 1 aliphatic heterocycles. The largest absolute Gasteiger partial charge is 0.384 e. The number of hydrogen-bond donors (Lipinski definition) is 2. The highest BCUT2D eigenvalue weighted by Gasteiger charge is 2.32. The molecular formula is C18H25N5O2. The van der Waals surface area contributed by atoms with Crippen LogP contribution >= 0.6 is 0 Å². The van der Waals surface area contributed by atoms with Crippen LogP contribution in [0.5, 0.6) is 0 Å². The number of amides is 1. The van der Waals surface area contributed by atoms with Crippen LogP contribution in [-0.4, -0.2) is 54.3 Å². The number of piperidine rings is 1. The molecule has 2 heterocycles. The van der Waals surface area contributed by atoms with E-state index in [0.29, 0.717) is 18.8 Å². The highest BCUT2D eigenvalue weighted by atomic mass is 16.5. The van der Waals surface area contributed by atoms with Crippen molar-refractivity contribution in [3.63, 3.8) is 0 Å². The summed E-state index contributed by atoms with van der Waals surface area (Å²) in [6.45, 7) is 5.15. The summed E-state index contributed by atoms with van der Waals surface area (Å²) in [7, 11) is 1.71. The van der Waals surface area contributed by atoms with Gasteiger partial charge in [0.15, 0.2) is 5.69 Å². The standard InChI is InChI=1S/C18H25N5O2/c1-14-3-5-15(6-4-14)23-11-16(21-22-23)17(24)20-12-18(13-25-2)7-9-19-10-8-18/h3-6,11,19H,7-10,12-13H2,1-2H3,(H,20,24). The van der Waals surface area contributed by atoms with Crippen LogP contribution in [0.4, 0.5) is 0 Å². The number of nitrogens with one attached hydrogen (secondary N) is 2. The Morgan fingerprint density at radius 3 is 2.72 bits per heavy atom. The Hall–Kier alpha value is -2.25. The molecule has 134 valence electrons. The molecule has 0 spiro atoms. The molecule has 3 rings (SSSR count). The first-order valence-corrected chi connectivity index (χ1v) is 8.59. The zero-order chi connectivity index (χ0) is 17.7. The van der Waals surface area contributed by atoms with Crippen molar-refractivity contribution in [1.29, 1.82) is 0 Å². The fraction of sp³-hybridized carbons (Fsp3) is 0.500. The summed E-state index contributed by atoms with van der Waals surface area (Å²) in [5.41, 5.74) is 2.36. The lowest BCUT2D eigenvalue weighted by molar-refractivity contribution is 0.0510. The van der Waals surface area contributed by atoms with E-state index >= 15 is 0 Å². The number of aromatic nitrogens is 3. The van der Waals surface area contributed by atoms with Crippen molar-refractivity contribution in [1.82, 2.24) is 25.6 Å². The number of methoxy groups -OCH3 is 1. The van der Waals surface area contributed by atoms with Crippen molar-refractivity contribution < 1.29 is 9.53 Å².